The normalized spacial score (nSPS) is 16.0. The molecule has 6 nitrogen and oxygen atoms in total. The molecule has 3 aromatic rings. The number of rotatable bonds is 8. The number of aromatic nitrogens is 1. The minimum Gasteiger partial charge on any atom is -0.460 e. The van der Waals surface area contributed by atoms with Gasteiger partial charge in [-0.15, -0.1) is 0 Å². The van der Waals surface area contributed by atoms with Gasteiger partial charge in [-0.3, -0.25) is 9.59 Å². The van der Waals surface area contributed by atoms with Crippen molar-refractivity contribution in [3.63, 3.8) is 0 Å². The lowest BCUT2D eigenvalue weighted by atomic mass is 9.85. The summed E-state index contributed by atoms with van der Waals surface area (Å²) in [5.74, 6) is -2.99. The van der Waals surface area contributed by atoms with E-state index in [9.17, 15) is 27.6 Å². The SMILES string of the molecule is CO[C@@](C(=O)O[C@H](C)CC1=C(C)C(=O)C(=O)c2c1[nH]c1ccc(CC=C(C)C)cc21)(c1ccccc1)C(F)(F)F. The van der Waals surface area contributed by atoms with E-state index in [2.05, 4.69) is 11.1 Å². The summed E-state index contributed by atoms with van der Waals surface area (Å²) < 4.78 is 53.0. The quantitative estimate of drug-likeness (QED) is 0.192. The van der Waals surface area contributed by atoms with Crippen LogP contribution in [0.4, 0.5) is 13.2 Å². The Balaban J connectivity index is 1.69. The largest absolute Gasteiger partial charge is 0.460 e. The number of benzene rings is 2. The van der Waals surface area contributed by atoms with Gasteiger partial charge in [0, 0.05) is 35.6 Å². The van der Waals surface area contributed by atoms with Crippen LogP contribution in [0.25, 0.3) is 16.5 Å². The highest BCUT2D eigenvalue weighted by molar-refractivity contribution is 6.54. The molecule has 1 heterocycles. The van der Waals surface area contributed by atoms with Crippen LogP contribution in [0, 0.1) is 0 Å². The first-order chi connectivity index (χ1) is 18.8. The van der Waals surface area contributed by atoms with E-state index in [0.717, 1.165) is 30.4 Å². The number of halogens is 3. The molecule has 4 rings (SSSR count). The van der Waals surface area contributed by atoms with Gasteiger partial charge in [-0.1, -0.05) is 48.0 Å². The summed E-state index contributed by atoms with van der Waals surface area (Å²) in [5.41, 5.74) is 0.141. The Morgan fingerprint density at radius 2 is 1.73 bits per heavy atom. The molecule has 2 aromatic carbocycles. The molecule has 0 fully saturated rings. The van der Waals surface area contributed by atoms with Crippen molar-refractivity contribution in [2.45, 2.75) is 58.4 Å². The molecule has 0 aliphatic heterocycles. The molecule has 0 amide bonds. The second-order valence-electron chi connectivity index (χ2n) is 10.2. The monoisotopic (exact) mass is 553 g/mol. The van der Waals surface area contributed by atoms with Crippen molar-refractivity contribution >= 4 is 34.0 Å². The zero-order valence-corrected chi connectivity index (χ0v) is 22.9. The van der Waals surface area contributed by atoms with Crippen LogP contribution in [0.3, 0.4) is 0 Å². The highest BCUT2D eigenvalue weighted by atomic mass is 19.4. The van der Waals surface area contributed by atoms with Crippen LogP contribution in [0.15, 0.2) is 65.8 Å². The standard InChI is InChI=1S/C31H30F3NO5/c1-17(2)11-12-20-13-14-24-23(16-20)25-26(35-24)22(19(4)27(36)28(25)37)15-18(3)40-29(38)30(39-5,31(32,33)34)21-9-7-6-8-10-21/h6-11,13-14,16,18,35H,12,15H2,1-5H3/t18-,30-/m1/s1. The summed E-state index contributed by atoms with van der Waals surface area (Å²) in [6.45, 7) is 6.88. The smallest absolute Gasteiger partial charge is 0.432 e. The van der Waals surface area contributed by atoms with Crippen molar-refractivity contribution in [1.82, 2.24) is 4.98 Å². The van der Waals surface area contributed by atoms with Crippen molar-refractivity contribution in [3.05, 3.63) is 88.1 Å². The molecule has 40 heavy (non-hydrogen) atoms. The number of nitrogens with one attached hydrogen (secondary N) is 1. The average molecular weight is 554 g/mol. The molecular formula is C31H30F3NO5. The van der Waals surface area contributed by atoms with E-state index in [4.69, 9.17) is 9.47 Å². The minimum atomic E-state index is -5.12. The van der Waals surface area contributed by atoms with Gasteiger partial charge >= 0.3 is 12.1 Å². The number of fused-ring (bicyclic) bond motifs is 3. The number of allylic oxidation sites excluding steroid dienone is 3. The van der Waals surface area contributed by atoms with E-state index in [0.29, 0.717) is 28.6 Å². The molecule has 0 radical (unpaired) electrons. The van der Waals surface area contributed by atoms with Crippen LogP contribution >= 0.6 is 0 Å². The van der Waals surface area contributed by atoms with E-state index in [1.165, 1.54) is 32.0 Å². The lowest BCUT2D eigenvalue weighted by Crippen LogP contribution is -2.52. The average Bonchev–Trinajstić information content (AvgIpc) is 3.28. The first-order valence-electron chi connectivity index (χ1n) is 12.8. The molecule has 0 saturated carbocycles. The lowest BCUT2D eigenvalue weighted by molar-refractivity contribution is -0.277. The van der Waals surface area contributed by atoms with Crippen LogP contribution in [0.1, 0.15) is 61.3 Å². The van der Waals surface area contributed by atoms with Crippen molar-refractivity contribution in [3.8, 4) is 0 Å². The molecule has 0 bridgehead atoms. The van der Waals surface area contributed by atoms with E-state index >= 15 is 0 Å². The first kappa shape index (κ1) is 29.0. The van der Waals surface area contributed by atoms with Crippen LogP contribution < -0.4 is 0 Å². The van der Waals surface area contributed by atoms with E-state index in [1.54, 1.807) is 0 Å². The van der Waals surface area contributed by atoms with Gasteiger partial charge in [-0.2, -0.15) is 13.2 Å². The molecule has 1 aliphatic carbocycles. The predicted molar refractivity (Wildman–Crippen MR) is 145 cm³/mol. The summed E-state index contributed by atoms with van der Waals surface area (Å²) >= 11 is 0. The Morgan fingerprint density at radius 1 is 1.05 bits per heavy atom. The maximum absolute atomic E-state index is 14.3. The van der Waals surface area contributed by atoms with Gasteiger partial charge in [0.1, 0.15) is 6.10 Å². The fraction of sp³-hybridized carbons (Fsp3) is 0.323. The van der Waals surface area contributed by atoms with E-state index in [-0.39, 0.29) is 17.6 Å². The van der Waals surface area contributed by atoms with Crippen LogP contribution in [0.2, 0.25) is 0 Å². The molecule has 0 spiro atoms. The second kappa shape index (κ2) is 10.9. The van der Waals surface area contributed by atoms with E-state index < -0.39 is 41.0 Å². The Morgan fingerprint density at radius 3 is 2.33 bits per heavy atom. The molecule has 210 valence electrons. The number of esters is 1. The van der Waals surface area contributed by atoms with Gasteiger partial charge in [0.25, 0.3) is 5.60 Å². The van der Waals surface area contributed by atoms with Gasteiger partial charge in [0.05, 0.1) is 11.3 Å². The Labute approximate surface area is 229 Å². The summed E-state index contributed by atoms with van der Waals surface area (Å²) in [7, 11) is 0.799. The van der Waals surface area contributed by atoms with Crippen LogP contribution in [0.5, 0.6) is 0 Å². The van der Waals surface area contributed by atoms with Gasteiger partial charge < -0.3 is 14.5 Å². The maximum atomic E-state index is 14.3. The van der Waals surface area contributed by atoms with Gasteiger partial charge in [-0.25, -0.2) is 4.79 Å². The zero-order chi connectivity index (χ0) is 29.4. The molecule has 9 heteroatoms. The fourth-order valence-electron chi connectivity index (χ4n) is 5.00. The number of aromatic amines is 1. The predicted octanol–water partition coefficient (Wildman–Crippen LogP) is 6.64. The van der Waals surface area contributed by atoms with Crippen LogP contribution in [-0.4, -0.2) is 41.9 Å². The molecule has 1 aliphatic rings. The number of H-pyrrole nitrogens is 1. The van der Waals surface area contributed by atoms with Crippen LogP contribution in [-0.2, 0) is 31.1 Å². The van der Waals surface area contributed by atoms with Gasteiger partial charge in [0.15, 0.2) is 0 Å². The van der Waals surface area contributed by atoms with Crippen molar-refractivity contribution < 1.29 is 37.0 Å². The number of alkyl halides is 3. The summed E-state index contributed by atoms with van der Waals surface area (Å²) in [6.07, 6.45) is -3.61. The number of Topliss-reactive ketones (excluding diaryl/α,β-unsaturated/α-hetero) is 2. The van der Waals surface area contributed by atoms with E-state index in [1.807, 2.05) is 32.0 Å². The third-order valence-corrected chi connectivity index (χ3v) is 7.11. The number of methoxy groups -OCH3 is 1. The molecular weight excluding hydrogens is 523 g/mol. The number of ketones is 2. The van der Waals surface area contributed by atoms with Crippen molar-refractivity contribution in [2.24, 2.45) is 0 Å². The molecule has 1 aromatic heterocycles. The number of hydrogen-bond acceptors (Lipinski definition) is 5. The highest BCUT2D eigenvalue weighted by Gasteiger charge is 2.64. The molecule has 2 atom stereocenters. The van der Waals surface area contributed by atoms with Gasteiger partial charge in [-0.05, 0) is 57.4 Å². The fourth-order valence-corrected chi connectivity index (χ4v) is 5.00. The molecule has 1 N–H and O–H groups in total. The summed E-state index contributed by atoms with van der Waals surface area (Å²) in [4.78, 5) is 42.4. The number of carbonyl (C=O) groups excluding carboxylic acids is 3. The Bertz CT molecular complexity index is 1540. The third kappa shape index (κ3) is 5.01. The van der Waals surface area contributed by atoms with Crippen molar-refractivity contribution in [1.29, 1.82) is 0 Å². The topological polar surface area (TPSA) is 85.5 Å². The maximum Gasteiger partial charge on any atom is 0.432 e. The number of ether oxygens (including phenoxy) is 2. The molecule has 0 saturated heterocycles. The molecule has 0 unspecified atom stereocenters. The third-order valence-electron chi connectivity index (χ3n) is 7.11. The summed E-state index contributed by atoms with van der Waals surface area (Å²) in [6, 6.07) is 12.1. The Kier molecular flexibility index (Phi) is 7.90. The Hall–Kier alpha value is -3.98. The highest BCUT2D eigenvalue weighted by Crippen LogP contribution is 2.44. The van der Waals surface area contributed by atoms with Gasteiger partial charge in [0.2, 0.25) is 11.6 Å². The minimum absolute atomic E-state index is 0.104. The number of carbonyl (C=O) groups is 3. The zero-order valence-electron chi connectivity index (χ0n) is 22.9. The first-order valence-corrected chi connectivity index (χ1v) is 12.8. The summed E-state index contributed by atoms with van der Waals surface area (Å²) in [5, 5.41) is 0.585. The number of hydrogen-bond donors (Lipinski definition) is 1. The second-order valence-corrected chi connectivity index (χ2v) is 10.2. The van der Waals surface area contributed by atoms with Crippen molar-refractivity contribution in [2.75, 3.05) is 7.11 Å². The lowest BCUT2D eigenvalue weighted by Gasteiger charge is -2.33.